The molecule has 31 heavy (non-hydrogen) atoms. The first-order valence-electron chi connectivity index (χ1n) is 10.1. The minimum absolute atomic E-state index is 0.0275. The predicted octanol–water partition coefficient (Wildman–Crippen LogP) is 2.84. The summed E-state index contributed by atoms with van der Waals surface area (Å²) in [6.45, 7) is 1.64. The van der Waals surface area contributed by atoms with Crippen molar-refractivity contribution in [1.82, 2.24) is 14.9 Å². The third-order valence-electron chi connectivity index (χ3n) is 4.70. The van der Waals surface area contributed by atoms with Gasteiger partial charge in [0.1, 0.15) is 24.5 Å². The third kappa shape index (κ3) is 5.19. The molecule has 0 saturated heterocycles. The fourth-order valence-electron chi connectivity index (χ4n) is 2.91. The summed E-state index contributed by atoms with van der Waals surface area (Å²) in [7, 11) is -0.175. The second-order valence-electron chi connectivity index (χ2n) is 6.82. The zero-order valence-electron chi connectivity index (χ0n) is 17.8. The molecule has 4 N–H and O–H groups in total. The first-order chi connectivity index (χ1) is 15.3. The van der Waals surface area contributed by atoms with Crippen molar-refractivity contribution in [2.75, 3.05) is 25.6 Å². The summed E-state index contributed by atoms with van der Waals surface area (Å²) < 4.78 is 27.8. The van der Waals surface area contributed by atoms with Crippen molar-refractivity contribution in [3.8, 4) is 5.75 Å². The molecule has 0 aliphatic heterocycles. The summed E-state index contributed by atoms with van der Waals surface area (Å²) in [6, 6.07) is 7.31. The summed E-state index contributed by atoms with van der Waals surface area (Å²) >= 11 is 5.88. The number of aliphatic hydroxyl groups excluding tert-OH is 1. The number of hydrogen-bond donors (Lipinski definition) is 3. The number of nitrogens with one attached hydrogen (secondary N) is 1. The molecule has 0 aliphatic carbocycles. The molecule has 1 amide bonds. The Labute approximate surface area is 185 Å². The van der Waals surface area contributed by atoms with Crippen LogP contribution in [0.1, 0.15) is 13.9 Å². The highest BCUT2D eigenvalue weighted by molar-refractivity contribution is 6.31. The van der Waals surface area contributed by atoms with Gasteiger partial charge in [-0.1, -0.05) is 17.7 Å². The fourth-order valence-corrected chi connectivity index (χ4v) is 3.08. The van der Waals surface area contributed by atoms with Crippen LogP contribution in [-0.4, -0.2) is 52.2 Å². The molecule has 0 saturated carbocycles. The van der Waals surface area contributed by atoms with Crippen molar-refractivity contribution in [2.24, 2.45) is 5.73 Å². The lowest BCUT2D eigenvalue weighted by atomic mass is 10.1. The van der Waals surface area contributed by atoms with Gasteiger partial charge in [0.2, 0.25) is 5.91 Å². The van der Waals surface area contributed by atoms with Crippen LogP contribution >= 0.6 is 11.6 Å². The second-order valence-corrected chi connectivity index (χ2v) is 7.23. The molecule has 0 aliphatic rings. The van der Waals surface area contributed by atoms with Gasteiger partial charge in [-0.25, -0.2) is 14.4 Å². The summed E-state index contributed by atoms with van der Waals surface area (Å²) in [6.07, 6.45) is 1.33. The predicted molar refractivity (Wildman–Crippen MR) is 117 cm³/mol. The van der Waals surface area contributed by atoms with E-state index in [2.05, 4.69) is 15.3 Å². The van der Waals surface area contributed by atoms with Gasteiger partial charge in [0, 0.05) is 24.9 Å². The van der Waals surface area contributed by atoms with E-state index < -0.39 is 17.8 Å². The van der Waals surface area contributed by atoms with Crippen LogP contribution < -0.4 is 15.8 Å². The zero-order valence-corrected chi connectivity index (χ0v) is 17.6. The molecule has 164 valence electrons. The van der Waals surface area contributed by atoms with E-state index in [9.17, 15) is 9.18 Å². The van der Waals surface area contributed by atoms with Crippen LogP contribution in [0.15, 0.2) is 36.7 Å². The van der Waals surface area contributed by atoms with Gasteiger partial charge in [-0.15, -0.1) is 0 Å². The number of hydrogen-bond acceptors (Lipinski definition) is 7. The molecule has 0 spiro atoms. The molecule has 3 rings (SSSR count). The molecule has 3 aromatic rings. The minimum Gasteiger partial charge on any atom is -0.491 e. The van der Waals surface area contributed by atoms with E-state index in [0.717, 1.165) is 0 Å². The molecule has 0 unspecified atom stereocenters. The molecule has 8 nitrogen and oxygen atoms in total. The summed E-state index contributed by atoms with van der Waals surface area (Å²) in [5, 5.41) is 12.6. The van der Waals surface area contributed by atoms with Crippen LogP contribution in [0.2, 0.25) is 5.02 Å². The first-order valence-corrected chi connectivity index (χ1v) is 9.78. The van der Waals surface area contributed by atoms with Gasteiger partial charge >= 0.3 is 0 Å². The monoisotopic (exact) mass is 448 g/mol. The Balaban J connectivity index is 2.07. The second kappa shape index (κ2) is 9.86. The largest absolute Gasteiger partial charge is 0.491 e. The molecule has 2 aromatic carbocycles. The normalized spacial score (nSPS) is 12.6. The van der Waals surface area contributed by atoms with Crippen molar-refractivity contribution >= 4 is 39.9 Å². The van der Waals surface area contributed by atoms with Crippen LogP contribution in [0.5, 0.6) is 5.75 Å². The lowest BCUT2D eigenvalue weighted by Crippen LogP contribution is -2.39. The van der Waals surface area contributed by atoms with E-state index in [1.54, 1.807) is 30.0 Å². The third-order valence-corrected chi connectivity index (χ3v) is 5.00. The number of aromatic nitrogens is 2. The smallest absolute Gasteiger partial charge is 0.234 e. The fraction of sp³-hybridized carbons (Fsp3) is 0.286. The van der Waals surface area contributed by atoms with Crippen LogP contribution in [0, 0.1) is 5.82 Å². The Bertz CT molecular complexity index is 1120. The number of primary amides is 1. The number of halogens is 2. The first kappa shape index (κ1) is 21.2. The van der Waals surface area contributed by atoms with Gasteiger partial charge in [-0.05, 0) is 32.1 Å². The Kier molecular flexibility index (Phi) is 6.76. The van der Waals surface area contributed by atoms with Crippen LogP contribution in [-0.2, 0) is 11.3 Å². The summed E-state index contributed by atoms with van der Waals surface area (Å²) in [5.74, 6) is -0.399. The van der Waals surface area contributed by atoms with Gasteiger partial charge in [0.25, 0.3) is 0 Å². The standard InChI is InChI=1S/C21H23ClFN5O3/c1-12(20(24)30)28(2)10-13-8-14-17(9-18(13)31-7-6-29)25-11-26-21(14)27-16-5-3-4-15(22)19(16)23/h3-5,8-9,11-12,29H,6-7,10H2,1-2H3,(H2,24,30)(H,25,26,27)/t12-/m0/s1/i2D. The number of likely N-dealkylation sites (N-methyl/N-ethyl adjacent to an activating group) is 1. The van der Waals surface area contributed by atoms with Crippen LogP contribution in [0.4, 0.5) is 15.9 Å². The maximum Gasteiger partial charge on any atom is 0.234 e. The maximum atomic E-state index is 14.4. The number of nitrogens with two attached hydrogens (primary N) is 1. The van der Waals surface area contributed by atoms with Gasteiger partial charge in [0.05, 0.1) is 28.9 Å². The number of nitrogens with zero attached hydrogens (tertiary/aromatic N) is 3. The van der Waals surface area contributed by atoms with Crippen molar-refractivity contribution in [3.63, 3.8) is 0 Å². The van der Waals surface area contributed by atoms with E-state index in [4.69, 9.17) is 28.5 Å². The molecule has 1 atom stereocenters. The Morgan fingerprint density at radius 3 is 2.97 bits per heavy atom. The molecule has 1 aromatic heterocycles. The van der Waals surface area contributed by atoms with E-state index in [1.807, 2.05) is 0 Å². The number of amides is 1. The lowest BCUT2D eigenvalue weighted by molar-refractivity contribution is -0.122. The topological polar surface area (TPSA) is 114 Å². The molecule has 0 fully saturated rings. The number of benzene rings is 2. The zero-order chi connectivity index (χ0) is 23.3. The van der Waals surface area contributed by atoms with Crippen LogP contribution in [0.25, 0.3) is 10.9 Å². The van der Waals surface area contributed by atoms with E-state index in [-0.39, 0.29) is 37.5 Å². The van der Waals surface area contributed by atoms with Crippen molar-refractivity contribution in [3.05, 3.63) is 53.1 Å². The Morgan fingerprint density at radius 2 is 2.26 bits per heavy atom. The van der Waals surface area contributed by atoms with E-state index in [0.29, 0.717) is 28.0 Å². The van der Waals surface area contributed by atoms with E-state index in [1.165, 1.54) is 18.5 Å². The van der Waals surface area contributed by atoms with Crippen molar-refractivity contribution in [2.45, 2.75) is 19.5 Å². The average Bonchev–Trinajstić information content (AvgIpc) is 2.78. The highest BCUT2D eigenvalue weighted by Crippen LogP contribution is 2.32. The van der Waals surface area contributed by atoms with Crippen molar-refractivity contribution < 1.29 is 20.4 Å². The number of fused-ring (bicyclic) bond motifs is 1. The van der Waals surface area contributed by atoms with Gasteiger partial charge in [0.15, 0.2) is 5.82 Å². The number of ether oxygens (including phenoxy) is 1. The number of aliphatic hydroxyl groups is 1. The molecule has 0 radical (unpaired) electrons. The minimum atomic E-state index is -0.681. The lowest BCUT2D eigenvalue weighted by Gasteiger charge is -2.23. The summed E-state index contributed by atoms with van der Waals surface area (Å²) in [4.78, 5) is 21.7. The van der Waals surface area contributed by atoms with E-state index >= 15 is 0 Å². The SMILES string of the molecule is [2H]CN(Cc1cc2c(Nc3cccc(Cl)c3F)ncnc2cc1OCCO)[C@@H](C)C(N)=O. The van der Waals surface area contributed by atoms with Gasteiger partial charge in [-0.2, -0.15) is 0 Å². The quantitative estimate of drug-likeness (QED) is 0.461. The Morgan fingerprint density at radius 1 is 1.45 bits per heavy atom. The maximum absolute atomic E-state index is 14.4. The van der Waals surface area contributed by atoms with Gasteiger partial charge < -0.3 is 20.9 Å². The highest BCUT2D eigenvalue weighted by Gasteiger charge is 2.19. The van der Waals surface area contributed by atoms with Crippen molar-refractivity contribution in [1.29, 1.82) is 0 Å². The number of rotatable bonds is 9. The molecule has 10 heteroatoms. The molecular formula is C21H23ClFN5O3. The molecule has 1 heterocycles. The van der Waals surface area contributed by atoms with Gasteiger partial charge in [-0.3, -0.25) is 9.69 Å². The highest BCUT2D eigenvalue weighted by atomic mass is 35.5. The Hall–Kier alpha value is -3.01. The number of carbonyl (C=O) groups is 1. The van der Waals surface area contributed by atoms with Crippen LogP contribution in [0.3, 0.4) is 0 Å². The number of anilines is 2. The summed E-state index contributed by atoms with van der Waals surface area (Å²) in [5.41, 5.74) is 6.69. The molecule has 0 bridgehead atoms. The number of carbonyl (C=O) groups excluding carboxylic acids is 1. The average molecular weight is 449 g/mol. The molecular weight excluding hydrogens is 425 g/mol.